The van der Waals surface area contributed by atoms with Crippen LogP contribution < -0.4 is 0 Å². The molecule has 0 saturated heterocycles. The van der Waals surface area contributed by atoms with Crippen molar-refractivity contribution in [1.82, 2.24) is 15.0 Å². The number of aromatic amines is 1. The summed E-state index contributed by atoms with van der Waals surface area (Å²) < 4.78 is 5.79. The Bertz CT molecular complexity index is 994. The van der Waals surface area contributed by atoms with Crippen LogP contribution in [0, 0.1) is 6.92 Å². The normalized spacial score (nSPS) is 11.2. The number of halogens is 1. The van der Waals surface area contributed by atoms with Crippen LogP contribution in [0.15, 0.2) is 58.1 Å². The van der Waals surface area contributed by atoms with Gasteiger partial charge in [0.15, 0.2) is 5.16 Å². The lowest BCUT2D eigenvalue weighted by Crippen LogP contribution is -1.85. The molecular formula is C18H14ClN3OS. The molecule has 4 rings (SSSR count). The number of hydrogen-bond acceptors (Lipinski definition) is 4. The molecule has 0 bridgehead atoms. The van der Waals surface area contributed by atoms with E-state index in [0.29, 0.717) is 16.7 Å². The van der Waals surface area contributed by atoms with Gasteiger partial charge in [0.2, 0.25) is 5.89 Å². The van der Waals surface area contributed by atoms with Gasteiger partial charge in [0.25, 0.3) is 0 Å². The van der Waals surface area contributed by atoms with Crippen molar-refractivity contribution in [2.45, 2.75) is 17.8 Å². The monoisotopic (exact) mass is 355 g/mol. The zero-order valence-corrected chi connectivity index (χ0v) is 14.5. The van der Waals surface area contributed by atoms with Crippen molar-refractivity contribution >= 4 is 34.4 Å². The van der Waals surface area contributed by atoms with Crippen molar-refractivity contribution in [2.24, 2.45) is 0 Å². The second-order valence-corrected chi connectivity index (χ2v) is 6.78. The van der Waals surface area contributed by atoms with Gasteiger partial charge >= 0.3 is 0 Å². The smallest absolute Gasteiger partial charge is 0.226 e. The minimum atomic E-state index is 0.653. The fourth-order valence-corrected chi connectivity index (χ4v) is 3.49. The van der Waals surface area contributed by atoms with Gasteiger partial charge in [-0.25, -0.2) is 9.97 Å². The number of thioether (sulfide) groups is 1. The lowest BCUT2D eigenvalue weighted by Gasteiger charge is -1.94. The number of imidazole rings is 1. The van der Waals surface area contributed by atoms with Gasteiger partial charge in [0.1, 0.15) is 5.76 Å². The highest BCUT2D eigenvalue weighted by Gasteiger charge is 2.12. The molecule has 0 aliphatic carbocycles. The molecule has 0 saturated carbocycles. The van der Waals surface area contributed by atoms with E-state index < -0.39 is 0 Å². The number of H-pyrrole nitrogens is 1. The first-order valence-electron chi connectivity index (χ1n) is 7.49. The van der Waals surface area contributed by atoms with Crippen LogP contribution in [0.3, 0.4) is 0 Å². The average molecular weight is 356 g/mol. The van der Waals surface area contributed by atoms with Crippen LogP contribution in [0.2, 0.25) is 5.02 Å². The predicted molar refractivity (Wildman–Crippen MR) is 97.3 cm³/mol. The molecule has 0 aliphatic heterocycles. The topological polar surface area (TPSA) is 54.7 Å². The van der Waals surface area contributed by atoms with E-state index in [1.165, 1.54) is 0 Å². The maximum absolute atomic E-state index is 6.01. The summed E-state index contributed by atoms with van der Waals surface area (Å²) in [5.41, 5.74) is 3.75. The fraction of sp³-hybridized carbons (Fsp3) is 0.111. The largest absolute Gasteiger partial charge is 0.441 e. The van der Waals surface area contributed by atoms with Crippen LogP contribution in [0.25, 0.3) is 22.5 Å². The van der Waals surface area contributed by atoms with Gasteiger partial charge < -0.3 is 9.40 Å². The van der Waals surface area contributed by atoms with E-state index in [-0.39, 0.29) is 0 Å². The van der Waals surface area contributed by atoms with Gasteiger partial charge in [-0.2, -0.15) is 0 Å². The van der Waals surface area contributed by atoms with E-state index in [2.05, 4.69) is 15.0 Å². The number of nitrogens with one attached hydrogen (secondary N) is 1. The van der Waals surface area contributed by atoms with Crippen molar-refractivity contribution in [1.29, 1.82) is 0 Å². The summed E-state index contributed by atoms with van der Waals surface area (Å²) in [6.45, 7) is 1.94. The Morgan fingerprint density at radius 2 is 1.96 bits per heavy atom. The molecular weight excluding hydrogens is 342 g/mol. The Kier molecular flexibility index (Phi) is 4.04. The van der Waals surface area contributed by atoms with Crippen molar-refractivity contribution in [2.75, 3.05) is 0 Å². The molecule has 2 aromatic carbocycles. The maximum Gasteiger partial charge on any atom is 0.226 e. The summed E-state index contributed by atoms with van der Waals surface area (Å²) in [6.07, 6.45) is 0. The first-order chi connectivity index (χ1) is 11.7. The third-order valence-electron chi connectivity index (χ3n) is 3.68. The van der Waals surface area contributed by atoms with Crippen LogP contribution in [0.5, 0.6) is 0 Å². The molecule has 2 aromatic heterocycles. The number of rotatable bonds is 4. The number of oxazole rings is 1. The van der Waals surface area contributed by atoms with Crippen molar-refractivity contribution in [3.8, 4) is 11.5 Å². The zero-order valence-electron chi connectivity index (χ0n) is 12.9. The van der Waals surface area contributed by atoms with Gasteiger partial charge in [-0.15, -0.1) is 0 Å². The van der Waals surface area contributed by atoms with Crippen LogP contribution in [-0.2, 0) is 5.75 Å². The minimum absolute atomic E-state index is 0.653. The zero-order chi connectivity index (χ0) is 16.5. The SMILES string of the molecule is Cc1oc(-c2ccccc2)nc1CSc1nc2ccc(Cl)cc2[nH]1. The third-order valence-corrected chi connectivity index (χ3v) is 4.80. The van der Waals surface area contributed by atoms with Gasteiger partial charge in [0, 0.05) is 16.3 Å². The number of benzene rings is 2. The number of aromatic nitrogens is 3. The second-order valence-electron chi connectivity index (χ2n) is 5.38. The molecule has 0 atom stereocenters. The molecule has 0 unspecified atom stereocenters. The molecule has 0 radical (unpaired) electrons. The summed E-state index contributed by atoms with van der Waals surface area (Å²) in [4.78, 5) is 12.4. The summed E-state index contributed by atoms with van der Waals surface area (Å²) in [7, 11) is 0. The third kappa shape index (κ3) is 3.05. The first kappa shape index (κ1) is 15.3. The van der Waals surface area contributed by atoms with Gasteiger partial charge in [-0.3, -0.25) is 0 Å². The van der Waals surface area contributed by atoms with Gasteiger partial charge in [-0.05, 0) is 37.3 Å². The molecule has 2 heterocycles. The predicted octanol–water partition coefficient (Wildman–Crippen LogP) is 5.47. The van der Waals surface area contributed by atoms with E-state index in [1.807, 2.05) is 55.5 Å². The van der Waals surface area contributed by atoms with E-state index in [4.69, 9.17) is 16.0 Å². The summed E-state index contributed by atoms with van der Waals surface area (Å²) >= 11 is 7.60. The van der Waals surface area contributed by atoms with Crippen molar-refractivity contribution in [3.05, 3.63) is 65.0 Å². The van der Waals surface area contributed by atoms with Crippen LogP contribution in [0.4, 0.5) is 0 Å². The Morgan fingerprint density at radius 1 is 1.12 bits per heavy atom. The molecule has 4 nitrogen and oxygen atoms in total. The molecule has 6 heteroatoms. The fourth-order valence-electron chi connectivity index (χ4n) is 2.43. The van der Waals surface area contributed by atoms with E-state index in [1.54, 1.807) is 11.8 Å². The Labute approximate surface area is 148 Å². The Balaban J connectivity index is 1.54. The number of fused-ring (bicyclic) bond motifs is 1. The van der Waals surface area contributed by atoms with Crippen LogP contribution in [-0.4, -0.2) is 15.0 Å². The number of nitrogens with zero attached hydrogens (tertiary/aromatic N) is 2. The molecule has 0 aliphatic rings. The van der Waals surface area contributed by atoms with E-state index in [9.17, 15) is 0 Å². The molecule has 0 spiro atoms. The van der Waals surface area contributed by atoms with E-state index in [0.717, 1.165) is 33.2 Å². The highest BCUT2D eigenvalue weighted by atomic mass is 35.5. The van der Waals surface area contributed by atoms with Crippen molar-refractivity contribution in [3.63, 3.8) is 0 Å². The average Bonchev–Trinajstić information content (AvgIpc) is 3.16. The molecule has 120 valence electrons. The maximum atomic E-state index is 6.01. The molecule has 1 N–H and O–H groups in total. The molecule has 0 fully saturated rings. The highest BCUT2D eigenvalue weighted by molar-refractivity contribution is 7.98. The summed E-state index contributed by atoms with van der Waals surface area (Å²) in [6, 6.07) is 15.5. The lowest BCUT2D eigenvalue weighted by atomic mass is 10.2. The highest BCUT2D eigenvalue weighted by Crippen LogP contribution is 2.28. The van der Waals surface area contributed by atoms with E-state index >= 15 is 0 Å². The summed E-state index contributed by atoms with van der Waals surface area (Å²) in [5.74, 6) is 2.18. The van der Waals surface area contributed by atoms with Crippen molar-refractivity contribution < 1.29 is 4.42 Å². The summed E-state index contributed by atoms with van der Waals surface area (Å²) in [5, 5.41) is 1.54. The second kappa shape index (κ2) is 6.34. The minimum Gasteiger partial charge on any atom is -0.441 e. The first-order valence-corrected chi connectivity index (χ1v) is 8.85. The Morgan fingerprint density at radius 3 is 2.79 bits per heavy atom. The van der Waals surface area contributed by atoms with Crippen LogP contribution in [0.1, 0.15) is 11.5 Å². The molecule has 24 heavy (non-hydrogen) atoms. The van der Waals surface area contributed by atoms with Crippen LogP contribution >= 0.6 is 23.4 Å². The quantitative estimate of drug-likeness (QED) is 0.493. The Hall–Kier alpha value is -2.24. The van der Waals surface area contributed by atoms with Gasteiger partial charge in [0.05, 0.1) is 16.7 Å². The van der Waals surface area contributed by atoms with Gasteiger partial charge in [-0.1, -0.05) is 41.6 Å². The number of hydrogen-bond donors (Lipinski definition) is 1. The molecule has 4 aromatic rings. The standard InChI is InChI=1S/C18H14ClN3OS/c1-11-16(20-17(23-11)12-5-3-2-4-6-12)10-24-18-21-14-8-7-13(19)9-15(14)22-18/h2-9H,10H2,1H3,(H,21,22). The molecule has 0 amide bonds. The lowest BCUT2D eigenvalue weighted by molar-refractivity contribution is 0.540. The number of aryl methyl sites for hydroxylation is 1.